The number of nitrogens with one attached hydrogen (secondary N) is 2. The largest absolute Gasteiger partial charge is 0.383 e. The molecule has 1 atom stereocenters. The SMILES string of the molecule is COCCn1c(=N)c(C(=O)NC(C)c2ccccc2)cc2c(=O)n3ccccc3nc21. The van der Waals surface area contributed by atoms with Crippen LogP contribution in [0.1, 0.15) is 28.9 Å². The molecule has 0 fully saturated rings. The molecule has 0 aliphatic rings. The smallest absolute Gasteiger partial charge is 0.267 e. The minimum Gasteiger partial charge on any atom is -0.383 e. The van der Waals surface area contributed by atoms with E-state index in [-0.39, 0.29) is 34.6 Å². The summed E-state index contributed by atoms with van der Waals surface area (Å²) in [6, 6.07) is 16.0. The molecule has 0 aliphatic heterocycles. The highest BCUT2D eigenvalue weighted by molar-refractivity contribution is 5.97. The Hall–Kier alpha value is -3.78. The normalized spacial score (nSPS) is 12.2. The lowest BCUT2D eigenvalue weighted by atomic mass is 10.1. The van der Waals surface area contributed by atoms with E-state index >= 15 is 0 Å². The highest BCUT2D eigenvalue weighted by Crippen LogP contribution is 2.14. The predicted molar refractivity (Wildman–Crippen MR) is 117 cm³/mol. The van der Waals surface area contributed by atoms with Crippen molar-refractivity contribution in [3.05, 3.63) is 87.8 Å². The Morgan fingerprint density at radius 2 is 1.94 bits per heavy atom. The van der Waals surface area contributed by atoms with Gasteiger partial charge in [-0.25, -0.2) is 4.98 Å². The molecule has 1 amide bonds. The summed E-state index contributed by atoms with van der Waals surface area (Å²) in [5.41, 5.74) is 1.57. The van der Waals surface area contributed by atoms with E-state index in [2.05, 4.69) is 10.3 Å². The maximum atomic E-state index is 13.1. The summed E-state index contributed by atoms with van der Waals surface area (Å²) in [6.07, 6.45) is 1.63. The number of hydrogen-bond donors (Lipinski definition) is 2. The number of aromatic nitrogens is 3. The molecule has 8 heteroatoms. The molecule has 31 heavy (non-hydrogen) atoms. The third kappa shape index (κ3) is 3.85. The van der Waals surface area contributed by atoms with Gasteiger partial charge in [-0.05, 0) is 30.7 Å². The van der Waals surface area contributed by atoms with Crippen LogP contribution in [0.5, 0.6) is 0 Å². The van der Waals surface area contributed by atoms with Crippen LogP contribution >= 0.6 is 0 Å². The first-order valence-electron chi connectivity index (χ1n) is 9.95. The van der Waals surface area contributed by atoms with E-state index in [0.717, 1.165) is 5.56 Å². The van der Waals surface area contributed by atoms with Crippen LogP contribution in [0.4, 0.5) is 0 Å². The molecule has 3 heterocycles. The maximum absolute atomic E-state index is 13.1. The van der Waals surface area contributed by atoms with Gasteiger partial charge in [0, 0.05) is 19.9 Å². The lowest BCUT2D eigenvalue weighted by Gasteiger charge is -2.17. The van der Waals surface area contributed by atoms with Gasteiger partial charge >= 0.3 is 0 Å². The first-order valence-corrected chi connectivity index (χ1v) is 9.95. The van der Waals surface area contributed by atoms with Gasteiger partial charge in [-0.1, -0.05) is 36.4 Å². The van der Waals surface area contributed by atoms with Crippen LogP contribution in [0, 0.1) is 5.41 Å². The first kappa shape index (κ1) is 20.5. The van der Waals surface area contributed by atoms with E-state index in [9.17, 15) is 9.59 Å². The Balaban J connectivity index is 1.87. The monoisotopic (exact) mass is 417 g/mol. The Morgan fingerprint density at radius 3 is 2.68 bits per heavy atom. The number of methoxy groups -OCH3 is 1. The number of nitrogens with zero attached hydrogens (tertiary/aromatic N) is 3. The van der Waals surface area contributed by atoms with E-state index < -0.39 is 5.91 Å². The molecule has 8 nitrogen and oxygen atoms in total. The van der Waals surface area contributed by atoms with Gasteiger partial charge in [0.1, 0.15) is 16.8 Å². The molecular weight excluding hydrogens is 394 g/mol. The summed E-state index contributed by atoms with van der Waals surface area (Å²) < 4.78 is 8.16. The second-order valence-corrected chi connectivity index (χ2v) is 7.24. The van der Waals surface area contributed by atoms with Crippen molar-refractivity contribution in [1.29, 1.82) is 5.41 Å². The number of fused-ring (bicyclic) bond motifs is 2. The van der Waals surface area contributed by atoms with Crippen LogP contribution in [-0.4, -0.2) is 33.6 Å². The minimum absolute atomic E-state index is 0.0190. The Morgan fingerprint density at radius 1 is 1.19 bits per heavy atom. The zero-order valence-corrected chi connectivity index (χ0v) is 17.3. The molecule has 1 aromatic carbocycles. The number of ether oxygens (including phenoxy) is 1. The summed E-state index contributed by atoms with van der Waals surface area (Å²) >= 11 is 0. The van der Waals surface area contributed by atoms with Crippen LogP contribution in [-0.2, 0) is 11.3 Å². The zero-order chi connectivity index (χ0) is 22.0. The minimum atomic E-state index is -0.424. The number of pyridine rings is 2. The number of carbonyl (C=O) groups excluding carboxylic acids is 1. The van der Waals surface area contributed by atoms with Crippen LogP contribution in [0.25, 0.3) is 16.7 Å². The van der Waals surface area contributed by atoms with Crippen molar-refractivity contribution in [3.63, 3.8) is 0 Å². The van der Waals surface area contributed by atoms with E-state index in [1.54, 1.807) is 36.1 Å². The van der Waals surface area contributed by atoms with Gasteiger partial charge in [-0.15, -0.1) is 0 Å². The number of amides is 1. The first-order chi connectivity index (χ1) is 15.0. The summed E-state index contributed by atoms with van der Waals surface area (Å²) in [5.74, 6) is -0.424. The van der Waals surface area contributed by atoms with Crippen molar-refractivity contribution < 1.29 is 9.53 Å². The lowest BCUT2D eigenvalue weighted by Crippen LogP contribution is -2.36. The predicted octanol–water partition coefficient (Wildman–Crippen LogP) is 2.27. The molecule has 3 aromatic heterocycles. The summed E-state index contributed by atoms with van der Waals surface area (Å²) in [6.45, 7) is 2.48. The molecule has 1 unspecified atom stereocenters. The molecule has 0 saturated heterocycles. The van der Waals surface area contributed by atoms with Gasteiger partial charge in [0.2, 0.25) is 0 Å². The van der Waals surface area contributed by atoms with E-state index in [4.69, 9.17) is 10.1 Å². The second kappa shape index (κ2) is 8.53. The molecular formula is C23H23N5O3. The van der Waals surface area contributed by atoms with Gasteiger partial charge in [0.05, 0.1) is 23.6 Å². The third-order valence-corrected chi connectivity index (χ3v) is 5.23. The standard InChI is InChI=1S/C23H23N5O3/c1-15(16-8-4-3-5-9-16)25-22(29)17-14-18-21(28(20(17)24)12-13-31-2)26-19-10-6-7-11-27(19)23(18)30/h3-11,14-15,24H,12-13H2,1-2H3,(H,25,29). The highest BCUT2D eigenvalue weighted by atomic mass is 16.5. The number of carbonyl (C=O) groups is 1. The molecule has 0 bridgehead atoms. The number of rotatable bonds is 6. The molecule has 0 spiro atoms. The fourth-order valence-electron chi connectivity index (χ4n) is 3.56. The quantitative estimate of drug-likeness (QED) is 0.470. The topological polar surface area (TPSA) is 101 Å². The van der Waals surface area contributed by atoms with Gasteiger partial charge in [0.15, 0.2) is 0 Å². The van der Waals surface area contributed by atoms with Crippen molar-refractivity contribution in [1.82, 2.24) is 19.3 Å². The third-order valence-electron chi connectivity index (χ3n) is 5.23. The lowest BCUT2D eigenvalue weighted by molar-refractivity contribution is 0.0937. The summed E-state index contributed by atoms with van der Waals surface area (Å²) in [4.78, 5) is 30.8. The average molecular weight is 417 g/mol. The van der Waals surface area contributed by atoms with E-state index in [1.807, 2.05) is 37.3 Å². The van der Waals surface area contributed by atoms with Gasteiger partial charge in [0.25, 0.3) is 11.5 Å². The van der Waals surface area contributed by atoms with Crippen molar-refractivity contribution in [2.75, 3.05) is 13.7 Å². The summed E-state index contributed by atoms with van der Waals surface area (Å²) in [7, 11) is 1.56. The van der Waals surface area contributed by atoms with Crippen molar-refractivity contribution in [2.24, 2.45) is 0 Å². The molecule has 0 saturated carbocycles. The second-order valence-electron chi connectivity index (χ2n) is 7.24. The Labute approximate surface area is 178 Å². The van der Waals surface area contributed by atoms with Gasteiger partial charge < -0.3 is 14.6 Å². The molecule has 4 aromatic rings. The molecule has 0 aliphatic carbocycles. The van der Waals surface area contributed by atoms with Crippen molar-refractivity contribution in [2.45, 2.75) is 19.5 Å². The van der Waals surface area contributed by atoms with Crippen LogP contribution in [0.15, 0.2) is 65.6 Å². The van der Waals surface area contributed by atoms with Crippen molar-refractivity contribution in [3.8, 4) is 0 Å². The molecule has 2 N–H and O–H groups in total. The highest BCUT2D eigenvalue weighted by Gasteiger charge is 2.19. The van der Waals surface area contributed by atoms with Gasteiger partial charge in [-0.3, -0.25) is 19.4 Å². The Kier molecular flexibility index (Phi) is 5.64. The average Bonchev–Trinajstić information content (AvgIpc) is 2.79. The number of benzene rings is 1. The van der Waals surface area contributed by atoms with E-state index in [0.29, 0.717) is 17.9 Å². The van der Waals surface area contributed by atoms with Gasteiger partial charge in [-0.2, -0.15) is 0 Å². The molecule has 0 radical (unpaired) electrons. The van der Waals surface area contributed by atoms with E-state index in [1.165, 1.54) is 10.5 Å². The molecule has 158 valence electrons. The summed E-state index contributed by atoms with van der Waals surface area (Å²) in [5, 5.41) is 11.9. The van der Waals surface area contributed by atoms with Crippen LogP contribution in [0.3, 0.4) is 0 Å². The zero-order valence-electron chi connectivity index (χ0n) is 17.3. The fraction of sp³-hybridized carbons (Fsp3) is 0.217. The van der Waals surface area contributed by atoms with Crippen LogP contribution < -0.4 is 16.4 Å². The van der Waals surface area contributed by atoms with Crippen LogP contribution in [0.2, 0.25) is 0 Å². The maximum Gasteiger partial charge on any atom is 0.267 e. The Bertz CT molecular complexity index is 1380. The van der Waals surface area contributed by atoms with Crippen molar-refractivity contribution >= 4 is 22.6 Å². The fourth-order valence-corrected chi connectivity index (χ4v) is 3.56. The number of hydrogen-bond acceptors (Lipinski definition) is 5. The molecule has 4 rings (SSSR count).